The van der Waals surface area contributed by atoms with Crippen molar-refractivity contribution in [1.82, 2.24) is 14.7 Å². The van der Waals surface area contributed by atoms with Crippen LogP contribution in [0, 0.1) is 13.8 Å². The first-order valence-electron chi connectivity index (χ1n) is 7.22. The summed E-state index contributed by atoms with van der Waals surface area (Å²) >= 11 is 0. The van der Waals surface area contributed by atoms with E-state index in [-0.39, 0.29) is 0 Å². The summed E-state index contributed by atoms with van der Waals surface area (Å²) in [6, 6.07) is 8.40. The molecule has 20 heavy (non-hydrogen) atoms. The van der Waals surface area contributed by atoms with Gasteiger partial charge < -0.3 is 5.73 Å². The van der Waals surface area contributed by atoms with E-state index < -0.39 is 0 Å². The number of nitrogens with two attached hydrogens (primary N) is 1. The Labute approximate surface area is 120 Å². The first kappa shape index (κ1) is 13.2. The molecule has 4 heteroatoms. The topological polar surface area (TPSA) is 47.1 Å². The number of aryl methyl sites for hydroxylation is 3. The molecule has 2 heterocycles. The van der Waals surface area contributed by atoms with E-state index in [2.05, 4.69) is 39.8 Å². The van der Waals surface area contributed by atoms with Gasteiger partial charge in [0.1, 0.15) is 0 Å². The van der Waals surface area contributed by atoms with Crippen molar-refractivity contribution >= 4 is 5.69 Å². The van der Waals surface area contributed by atoms with Crippen LogP contribution in [0.25, 0.3) is 0 Å². The number of hydrogen-bond acceptors (Lipinski definition) is 3. The van der Waals surface area contributed by atoms with Gasteiger partial charge in [-0.05, 0) is 49.6 Å². The zero-order valence-corrected chi connectivity index (χ0v) is 12.3. The van der Waals surface area contributed by atoms with E-state index in [0.717, 1.165) is 44.0 Å². The van der Waals surface area contributed by atoms with E-state index in [4.69, 9.17) is 5.73 Å². The van der Waals surface area contributed by atoms with Crippen LogP contribution >= 0.6 is 0 Å². The second kappa shape index (κ2) is 5.29. The minimum Gasteiger partial charge on any atom is -0.399 e. The van der Waals surface area contributed by atoms with Gasteiger partial charge in [-0.25, -0.2) is 0 Å². The largest absolute Gasteiger partial charge is 0.399 e. The molecular formula is C16H22N4. The van der Waals surface area contributed by atoms with Crippen LogP contribution in [0.4, 0.5) is 5.69 Å². The number of fused-ring (bicyclic) bond motifs is 1. The number of nitrogens with zero attached hydrogens (tertiary/aromatic N) is 3. The number of anilines is 1. The van der Waals surface area contributed by atoms with Gasteiger partial charge >= 0.3 is 0 Å². The second-order valence-electron chi connectivity index (χ2n) is 5.74. The fourth-order valence-corrected chi connectivity index (χ4v) is 2.99. The zero-order valence-electron chi connectivity index (χ0n) is 12.3. The summed E-state index contributed by atoms with van der Waals surface area (Å²) in [5.74, 6) is 0. The standard InChI is InChI=1S/C16H22N4/c1-12-8-13(2)20(18-12)7-3-6-19-10-14-4-5-16(17)9-15(14)11-19/h4-5,8-9H,3,6-7,10-11,17H2,1-2H3. The highest BCUT2D eigenvalue weighted by atomic mass is 15.3. The summed E-state index contributed by atoms with van der Waals surface area (Å²) in [7, 11) is 0. The van der Waals surface area contributed by atoms with E-state index >= 15 is 0 Å². The van der Waals surface area contributed by atoms with E-state index in [1.807, 2.05) is 13.0 Å². The molecule has 0 spiro atoms. The summed E-state index contributed by atoms with van der Waals surface area (Å²) in [6.45, 7) is 8.34. The highest BCUT2D eigenvalue weighted by molar-refractivity contribution is 5.46. The maximum absolute atomic E-state index is 5.84. The lowest BCUT2D eigenvalue weighted by molar-refractivity contribution is 0.272. The average molecular weight is 270 g/mol. The molecule has 0 saturated carbocycles. The van der Waals surface area contributed by atoms with Crippen LogP contribution < -0.4 is 5.73 Å². The Bertz CT molecular complexity index is 615. The molecule has 2 N–H and O–H groups in total. The van der Waals surface area contributed by atoms with Gasteiger partial charge in [-0.15, -0.1) is 0 Å². The highest BCUT2D eigenvalue weighted by Crippen LogP contribution is 2.24. The lowest BCUT2D eigenvalue weighted by Crippen LogP contribution is -2.19. The van der Waals surface area contributed by atoms with Crippen LogP contribution in [-0.2, 0) is 19.6 Å². The normalized spacial score (nSPS) is 14.7. The van der Waals surface area contributed by atoms with Crippen molar-refractivity contribution in [3.63, 3.8) is 0 Å². The lowest BCUT2D eigenvalue weighted by atomic mass is 10.1. The number of nitrogen functional groups attached to an aromatic ring is 1. The maximum Gasteiger partial charge on any atom is 0.0596 e. The third-order valence-electron chi connectivity index (χ3n) is 3.97. The smallest absolute Gasteiger partial charge is 0.0596 e. The highest BCUT2D eigenvalue weighted by Gasteiger charge is 2.18. The van der Waals surface area contributed by atoms with Gasteiger partial charge in [0.25, 0.3) is 0 Å². The molecule has 2 aromatic rings. The minimum atomic E-state index is 0.869. The second-order valence-corrected chi connectivity index (χ2v) is 5.74. The Hall–Kier alpha value is -1.81. The SMILES string of the molecule is Cc1cc(C)n(CCCN2Cc3ccc(N)cc3C2)n1. The number of aromatic nitrogens is 2. The van der Waals surface area contributed by atoms with Crippen molar-refractivity contribution in [3.05, 3.63) is 46.8 Å². The van der Waals surface area contributed by atoms with Gasteiger partial charge in [-0.2, -0.15) is 5.10 Å². The summed E-state index contributed by atoms with van der Waals surface area (Å²) in [5.41, 5.74) is 11.9. The van der Waals surface area contributed by atoms with Gasteiger partial charge in [-0.1, -0.05) is 6.07 Å². The predicted molar refractivity (Wildman–Crippen MR) is 81.3 cm³/mol. The maximum atomic E-state index is 5.84. The van der Waals surface area contributed by atoms with E-state index in [0.29, 0.717) is 0 Å². The monoisotopic (exact) mass is 270 g/mol. The van der Waals surface area contributed by atoms with Gasteiger partial charge in [0, 0.05) is 37.6 Å². The third kappa shape index (κ3) is 2.70. The van der Waals surface area contributed by atoms with Gasteiger partial charge in [0.2, 0.25) is 0 Å². The average Bonchev–Trinajstić information content (AvgIpc) is 2.92. The molecule has 3 rings (SSSR count). The Morgan fingerprint density at radius 3 is 2.65 bits per heavy atom. The lowest BCUT2D eigenvalue weighted by Gasteiger charge is -2.14. The fraction of sp³-hybridized carbons (Fsp3) is 0.438. The summed E-state index contributed by atoms with van der Waals surface area (Å²) in [4.78, 5) is 2.48. The van der Waals surface area contributed by atoms with Crippen molar-refractivity contribution in [2.45, 2.75) is 39.9 Å². The van der Waals surface area contributed by atoms with Gasteiger partial charge in [-0.3, -0.25) is 9.58 Å². The van der Waals surface area contributed by atoms with Crippen molar-refractivity contribution < 1.29 is 0 Å². The molecule has 106 valence electrons. The van der Waals surface area contributed by atoms with E-state index in [1.165, 1.54) is 16.8 Å². The van der Waals surface area contributed by atoms with Gasteiger partial charge in [0.15, 0.2) is 0 Å². The molecule has 0 amide bonds. The number of benzene rings is 1. The molecule has 1 aliphatic rings. The van der Waals surface area contributed by atoms with Crippen molar-refractivity contribution in [2.24, 2.45) is 0 Å². The molecule has 1 aromatic carbocycles. The van der Waals surface area contributed by atoms with E-state index in [1.54, 1.807) is 0 Å². The molecule has 0 radical (unpaired) electrons. The molecule has 0 bridgehead atoms. The molecule has 0 aliphatic carbocycles. The van der Waals surface area contributed by atoms with Crippen molar-refractivity contribution in [2.75, 3.05) is 12.3 Å². The Morgan fingerprint density at radius 2 is 1.90 bits per heavy atom. The molecule has 0 atom stereocenters. The van der Waals surface area contributed by atoms with Crippen LogP contribution in [-0.4, -0.2) is 21.2 Å². The number of rotatable bonds is 4. The molecule has 0 unspecified atom stereocenters. The van der Waals surface area contributed by atoms with Crippen LogP contribution in [0.15, 0.2) is 24.3 Å². The number of hydrogen-bond donors (Lipinski definition) is 1. The Kier molecular flexibility index (Phi) is 3.49. The van der Waals surface area contributed by atoms with Crippen LogP contribution in [0.3, 0.4) is 0 Å². The Morgan fingerprint density at radius 1 is 1.10 bits per heavy atom. The van der Waals surface area contributed by atoms with Crippen LogP contribution in [0.2, 0.25) is 0 Å². The van der Waals surface area contributed by atoms with Crippen molar-refractivity contribution in [1.29, 1.82) is 0 Å². The molecule has 0 saturated heterocycles. The van der Waals surface area contributed by atoms with Crippen molar-refractivity contribution in [3.8, 4) is 0 Å². The molecule has 1 aliphatic heterocycles. The minimum absolute atomic E-state index is 0.869. The predicted octanol–water partition coefficient (Wildman–Crippen LogP) is 2.49. The molecule has 4 nitrogen and oxygen atoms in total. The quantitative estimate of drug-likeness (QED) is 0.868. The molecular weight excluding hydrogens is 248 g/mol. The zero-order chi connectivity index (χ0) is 14.1. The van der Waals surface area contributed by atoms with Crippen LogP contribution in [0.5, 0.6) is 0 Å². The van der Waals surface area contributed by atoms with E-state index in [9.17, 15) is 0 Å². The fourth-order valence-electron chi connectivity index (χ4n) is 2.99. The first-order chi connectivity index (χ1) is 9.61. The summed E-state index contributed by atoms with van der Waals surface area (Å²) < 4.78 is 2.11. The Balaban J connectivity index is 1.53. The summed E-state index contributed by atoms with van der Waals surface area (Å²) in [6.07, 6.45) is 1.13. The van der Waals surface area contributed by atoms with Crippen LogP contribution in [0.1, 0.15) is 28.9 Å². The molecule has 0 fully saturated rings. The summed E-state index contributed by atoms with van der Waals surface area (Å²) in [5, 5.41) is 4.51. The third-order valence-corrected chi connectivity index (χ3v) is 3.97. The molecule has 1 aromatic heterocycles. The first-order valence-corrected chi connectivity index (χ1v) is 7.22. The van der Waals surface area contributed by atoms with Gasteiger partial charge in [0.05, 0.1) is 5.69 Å².